The molecule has 1 aromatic heterocycles. The molecule has 0 aliphatic heterocycles. The second-order valence-electron chi connectivity index (χ2n) is 13.0. The van der Waals surface area contributed by atoms with Crippen molar-refractivity contribution >= 4 is 11.9 Å². The minimum Gasteiger partial charge on any atom is -0.465 e. The highest BCUT2D eigenvalue weighted by molar-refractivity contribution is 5.88. The van der Waals surface area contributed by atoms with E-state index >= 15 is 0 Å². The van der Waals surface area contributed by atoms with Crippen molar-refractivity contribution < 1.29 is 23.5 Å². The van der Waals surface area contributed by atoms with Crippen molar-refractivity contribution in [2.45, 2.75) is 200 Å². The van der Waals surface area contributed by atoms with Crippen LogP contribution in [0.4, 0.5) is 0 Å². The lowest BCUT2D eigenvalue weighted by Gasteiger charge is -2.07. The predicted octanol–water partition coefficient (Wildman–Crippen LogP) is 11.8. The van der Waals surface area contributed by atoms with Crippen molar-refractivity contribution in [1.82, 2.24) is 0 Å². The van der Waals surface area contributed by atoms with Gasteiger partial charge in [0.25, 0.3) is 0 Å². The van der Waals surface area contributed by atoms with Crippen LogP contribution in [0.25, 0.3) is 0 Å². The van der Waals surface area contributed by atoms with Crippen LogP contribution in [-0.2, 0) is 20.9 Å². The molecule has 1 rings (SSSR count). The first-order valence-electron chi connectivity index (χ1n) is 19.0. The van der Waals surface area contributed by atoms with Gasteiger partial charge in [-0.15, -0.1) is 0 Å². The van der Waals surface area contributed by atoms with Crippen LogP contribution in [-0.4, -0.2) is 18.5 Å². The highest BCUT2D eigenvalue weighted by Crippen LogP contribution is 2.15. The summed E-state index contributed by atoms with van der Waals surface area (Å²) in [6.07, 6.45) is 35.5. The molecule has 0 saturated carbocycles. The first-order valence-corrected chi connectivity index (χ1v) is 19.0. The van der Waals surface area contributed by atoms with Crippen molar-refractivity contribution in [3.05, 3.63) is 33.9 Å². The number of unbranched alkanes of at least 4 members (excludes halogenated alkanes) is 25. The summed E-state index contributed by atoms with van der Waals surface area (Å²) in [4.78, 5) is 36.8. The molecule has 0 aliphatic rings. The summed E-state index contributed by atoms with van der Waals surface area (Å²) in [5.74, 6) is -0.732. The SMILES string of the molecule is CCCCCCCCCCCCCCCCC(=O)OCc1cc(=O)c(C(=O)OCCCCCCCCCCCCCCC)co1. The number of rotatable bonds is 32. The quantitative estimate of drug-likeness (QED) is 0.0580. The van der Waals surface area contributed by atoms with Crippen molar-refractivity contribution in [3.63, 3.8) is 0 Å². The zero-order valence-corrected chi connectivity index (χ0v) is 29.3. The normalized spacial score (nSPS) is 11.2. The Morgan fingerprint density at radius 3 is 1.38 bits per heavy atom. The number of carbonyl (C=O) groups excluding carboxylic acids is 2. The van der Waals surface area contributed by atoms with E-state index in [1.54, 1.807) is 0 Å². The Morgan fingerprint density at radius 1 is 0.556 bits per heavy atom. The highest BCUT2D eigenvalue weighted by Gasteiger charge is 2.14. The second-order valence-corrected chi connectivity index (χ2v) is 13.0. The molecular weight excluding hydrogens is 564 g/mol. The highest BCUT2D eigenvalue weighted by atomic mass is 16.5. The molecule has 0 aromatic carbocycles. The molecule has 0 unspecified atom stereocenters. The fourth-order valence-electron chi connectivity index (χ4n) is 5.73. The number of hydrogen-bond acceptors (Lipinski definition) is 6. The summed E-state index contributed by atoms with van der Waals surface area (Å²) in [5, 5.41) is 0. The van der Waals surface area contributed by atoms with Crippen LogP contribution in [0, 0.1) is 0 Å². The van der Waals surface area contributed by atoms with E-state index in [0.717, 1.165) is 44.8 Å². The van der Waals surface area contributed by atoms with Gasteiger partial charge in [-0.05, 0) is 12.8 Å². The van der Waals surface area contributed by atoms with E-state index in [2.05, 4.69) is 13.8 Å². The monoisotopic (exact) mass is 633 g/mol. The van der Waals surface area contributed by atoms with Crippen molar-refractivity contribution in [1.29, 1.82) is 0 Å². The van der Waals surface area contributed by atoms with E-state index in [1.807, 2.05) is 0 Å². The van der Waals surface area contributed by atoms with E-state index in [9.17, 15) is 14.4 Å². The van der Waals surface area contributed by atoms with Gasteiger partial charge in [-0.25, -0.2) is 4.79 Å². The third-order valence-corrected chi connectivity index (χ3v) is 8.70. The molecule has 6 heteroatoms. The molecule has 0 atom stereocenters. The van der Waals surface area contributed by atoms with Gasteiger partial charge >= 0.3 is 11.9 Å². The van der Waals surface area contributed by atoms with Crippen LogP contribution >= 0.6 is 0 Å². The van der Waals surface area contributed by atoms with E-state index in [4.69, 9.17) is 13.9 Å². The molecule has 1 heterocycles. The number of carbonyl (C=O) groups is 2. The molecule has 0 spiro atoms. The second kappa shape index (κ2) is 30.5. The molecule has 0 N–H and O–H groups in total. The molecule has 0 bridgehead atoms. The topological polar surface area (TPSA) is 82.8 Å². The summed E-state index contributed by atoms with van der Waals surface area (Å²) in [6, 6.07) is 1.21. The Hall–Kier alpha value is -2.11. The summed E-state index contributed by atoms with van der Waals surface area (Å²) in [6.45, 7) is 4.71. The molecule has 1 aromatic rings. The molecular formula is C39H68O6. The lowest BCUT2D eigenvalue weighted by Crippen LogP contribution is -2.18. The van der Waals surface area contributed by atoms with Crippen LogP contribution in [0.2, 0.25) is 0 Å². The zero-order valence-electron chi connectivity index (χ0n) is 29.3. The largest absolute Gasteiger partial charge is 0.465 e. The van der Waals surface area contributed by atoms with Gasteiger partial charge in [0.15, 0.2) is 5.43 Å². The van der Waals surface area contributed by atoms with E-state index in [-0.39, 0.29) is 23.9 Å². The third kappa shape index (κ3) is 24.8. The van der Waals surface area contributed by atoms with Gasteiger partial charge in [-0.1, -0.05) is 174 Å². The van der Waals surface area contributed by atoms with Gasteiger partial charge in [0.2, 0.25) is 0 Å². The molecule has 0 fully saturated rings. The van der Waals surface area contributed by atoms with Gasteiger partial charge in [-0.2, -0.15) is 0 Å². The summed E-state index contributed by atoms with van der Waals surface area (Å²) < 4.78 is 15.9. The van der Waals surface area contributed by atoms with E-state index in [0.29, 0.717) is 13.0 Å². The Kier molecular flexibility index (Phi) is 27.8. The third-order valence-electron chi connectivity index (χ3n) is 8.70. The lowest BCUT2D eigenvalue weighted by atomic mass is 10.0. The standard InChI is InChI=1S/C39H68O6/c1-3-5-7-9-11-13-15-17-18-20-22-24-26-28-30-38(41)45-33-35-32-37(40)36(34-44-35)39(42)43-31-29-27-25-23-21-19-16-14-12-10-8-6-4-2/h32,34H,3-31,33H2,1-2H3. The van der Waals surface area contributed by atoms with E-state index < -0.39 is 11.4 Å². The minimum atomic E-state index is -0.663. The Bertz CT molecular complexity index is 892. The zero-order chi connectivity index (χ0) is 32.6. The van der Waals surface area contributed by atoms with Crippen LogP contribution in [0.3, 0.4) is 0 Å². The van der Waals surface area contributed by atoms with Crippen molar-refractivity contribution in [3.8, 4) is 0 Å². The smallest absolute Gasteiger partial charge is 0.345 e. The maximum absolute atomic E-state index is 12.4. The van der Waals surface area contributed by atoms with Crippen LogP contribution < -0.4 is 5.43 Å². The van der Waals surface area contributed by atoms with Gasteiger partial charge in [-0.3, -0.25) is 9.59 Å². The van der Waals surface area contributed by atoms with Crippen molar-refractivity contribution in [2.24, 2.45) is 0 Å². The number of hydrogen-bond donors (Lipinski definition) is 0. The van der Waals surface area contributed by atoms with Gasteiger partial charge in [0.1, 0.15) is 24.2 Å². The molecule has 0 radical (unpaired) electrons. The fourth-order valence-corrected chi connectivity index (χ4v) is 5.73. The van der Waals surface area contributed by atoms with Crippen LogP contribution in [0.15, 0.2) is 21.5 Å². The summed E-state index contributed by atoms with van der Waals surface area (Å²) >= 11 is 0. The number of esters is 2. The molecule has 0 aliphatic carbocycles. The lowest BCUT2D eigenvalue weighted by molar-refractivity contribution is -0.145. The maximum atomic E-state index is 12.4. The Labute approximate surface area is 275 Å². The Balaban J connectivity index is 2.01. The predicted molar refractivity (Wildman–Crippen MR) is 186 cm³/mol. The molecule has 6 nitrogen and oxygen atoms in total. The average Bonchev–Trinajstić information content (AvgIpc) is 3.04. The minimum absolute atomic E-state index is 0.110. The van der Waals surface area contributed by atoms with Gasteiger partial charge in [0.05, 0.1) is 6.61 Å². The average molecular weight is 633 g/mol. The van der Waals surface area contributed by atoms with Gasteiger partial charge < -0.3 is 13.9 Å². The first kappa shape index (κ1) is 40.9. The Morgan fingerprint density at radius 2 is 0.956 bits per heavy atom. The summed E-state index contributed by atoms with van der Waals surface area (Å²) in [5.41, 5.74) is -0.600. The van der Waals surface area contributed by atoms with Gasteiger partial charge in [0, 0.05) is 12.5 Å². The molecule has 260 valence electrons. The van der Waals surface area contributed by atoms with E-state index in [1.165, 1.54) is 141 Å². The molecule has 45 heavy (non-hydrogen) atoms. The summed E-state index contributed by atoms with van der Waals surface area (Å²) in [7, 11) is 0. The van der Waals surface area contributed by atoms with Crippen LogP contribution in [0.5, 0.6) is 0 Å². The maximum Gasteiger partial charge on any atom is 0.345 e. The molecule has 0 amide bonds. The molecule has 0 saturated heterocycles. The number of ether oxygens (including phenoxy) is 2. The fraction of sp³-hybridized carbons (Fsp3) is 0.821. The van der Waals surface area contributed by atoms with Crippen LogP contribution in [0.1, 0.15) is 210 Å². The van der Waals surface area contributed by atoms with Crippen molar-refractivity contribution in [2.75, 3.05) is 6.61 Å². The first-order chi connectivity index (χ1) is 22.1.